The molecule has 19 heteroatoms. The number of imide groups is 1. The van der Waals surface area contributed by atoms with E-state index in [0.29, 0.717) is 35.5 Å². The molecule has 2 aromatic carbocycles. The third-order valence-electron chi connectivity index (χ3n) is 13.8. The molecule has 5 heterocycles. The lowest BCUT2D eigenvalue weighted by atomic mass is 9.65. The number of aliphatic hydroxyl groups is 1. The van der Waals surface area contributed by atoms with Gasteiger partial charge in [-0.05, 0) is 132 Å². The number of fused-ring (bicyclic) bond motifs is 1. The van der Waals surface area contributed by atoms with Gasteiger partial charge in [-0.3, -0.25) is 29.3 Å². The van der Waals surface area contributed by atoms with Gasteiger partial charge in [-0.2, -0.15) is 31.4 Å². The van der Waals surface area contributed by atoms with Crippen molar-refractivity contribution in [3.8, 4) is 0 Å². The Balaban J connectivity index is 0.813. The molecule has 4 aliphatic rings. The van der Waals surface area contributed by atoms with E-state index in [4.69, 9.17) is 5.10 Å². The minimum absolute atomic E-state index is 0.0662. The first kappa shape index (κ1) is 46.0. The summed E-state index contributed by atoms with van der Waals surface area (Å²) in [4.78, 5) is 59.3. The predicted molar refractivity (Wildman–Crippen MR) is 228 cm³/mol. The fourth-order valence-corrected chi connectivity index (χ4v) is 9.93. The van der Waals surface area contributed by atoms with Gasteiger partial charge in [0.25, 0.3) is 11.8 Å². The van der Waals surface area contributed by atoms with Crippen LogP contribution in [0.3, 0.4) is 0 Å². The van der Waals surface area contributed by atoms with Gasteiger partial charge < -0.3 is 20.2 Å². The molecule has 0 unspecified atom stereocenters. The number of likely N-dealkylation sites (tertiary alicyclic amines) is 2. The van der Waals surface area contributed by atoms with Crippen molar-refractivity contribution in [1.82, 2.24) is 29.9 Å². The highest BCUT2D eigenvalue weighted by atomic mass is 19.4. The monoisotopic (exact) mass is 910 g/mol. The SMILES string of the molecule is CC(C)(O)c1cc2nn(C3CCN(CCC4CCC5(CC4)CCN(C(=O)c4ccc(C(F)(F)F)c(N6CCC(=O)NC6=O)c4)CC5)CC3)cc2cc1NC(=O)c1cccc(C(F)(F)F)n1. The summed E-state index contributed by atoms with van der Waals surface area (Å²) in [5.74, 6) is -1.20. The lowest BCUT2D eigenvalue weighted by Gasteiger charge is -2.46. The Hall–Kier alpha value is -5.56. The number of rotatable bonds is 9. The standard InChI is InChI=1S/C46H52F6N8O5/c1-43(2,65)33-26-35-30(24-36(33)54-40(62)34-4-3-5-38(53-34)46(50,51)52)27-60(56-35)31-11-19-57(20-12-31)18-10-28-8-14-44(15-9-28)16-22-58(23-17-44)41(63)29-6-7-32(45(47,48)49)37(25-29)59-21-13-39(61)55-42(59)64/h3-7,24-28,31,65H,8-23H2,1-2H3,(H,54,62)(H,55,61,64). The molecule has 0 bridgehead atoms. The molecule has 5 amide bonds. The highest BCUT2D eigenvalue weighted by molar-refractivity contribution is 6.07. The summed E-state index contributed by atoms with van der Waals surface area (Å²) < 4.78 is 83.6. The van der Waals surface area contributed by atoms with Crippen LogP contribution in [0.5, 0.6) is 0 Å². The van der Waals surface area contributed by atoms with Gasteiger partial charge in [0.05, 0.1) is 28.4 Å². The lowest BCUT2D eigenvalue weighted by Crippen LogP contribution is -2.50. The number of urea groups is 1. The van der Waals surface area contributed by atoms with E-state index < -0.39 is 58.4 Å². The Kier molecular flexibility index (Phi) is 12.5. The number of aromatic nitrogens is 3. The second-order valence-corrected chi connectivity index (χ2v) is 18.6. The molecule has 65 heavy (non-hydrogen) atoms. The van der Waals surface area contributed by atoms with E-state index >= 15 is 0 Å². The fraction of sp³-hybridized carbons (Fsp3) is 0.522. The van der Waals surface area contributed by atoms with Gasteiger partial charge >= 0.3 is 18.4 Å². The van der Waals surface area contributed by atoms with Crippen molar-refractivity contribution in [1.29, 1.82) is 0 Å². The Morgan fingerprint density at radius 1 is 0.862 bits per heavy atom. The number of hydrogen-bond acceptors (Lipinski definition) is 8. The predicted octanol–water partition coefficient (Wildman–Crippen LogP) is 8.53. The van der Waals surface area contributed by atoms with Gasteiger partial charge in [0, 0.05) is 67.5 Å². The van der Waals surface area contributed by atoms with Crippen LogP contribution >= 0.6 is 0 Å². The molecular formula is C46H52F6N8O5. The molecule has 3 N–H and O–H groups in total. The number of pyridine rings is 1. The van der Waals surface area contributed by atoms with Crippen LogP contribution in [0.15, 0.2) is 54.7 Å². The zero-order chi connectivity index (χ0) is 46.5. The summed E-state index contributed by atoms with van der Waals surface area (Å²) in [6.07, 6.45) is 1.06. The summed E-state index contributed by atoms with van der Waals surface area (Å²) in [6, 6.07) is 8.76. The highest BCUT2D eigenvalue weighted by Gasteiger charge is 2.41. The van der Waals surface area contributed by atoms with E-state index in [1.54, 1.807) is 30.9 Å². The number of amides is 5. The molecule has 8 rings (SSSR count). The summed E-state index contributed by atoms with van der Waals surface area (Å²) >= 11 is 0. The first-order valence-corrected chi connectivity index (χ1v) is 22.1. The van der Waals surface area contributed by atoms with Gasteiger partial charge in [-0.15, -0.1) is 0 Å². The maximum atomic E-state index is 13.9. The zero-order valence-corrected chi connectivity index (χ0v) is 36.2. The van der Waals surface area contributed by atoms with E-state index in [1.807, 2.05) is 10.9 Å². The van der Waals surface area contributed by atoms with E-state index in [2.05, 4.69) is 20.5 Å². The molecule has 2 aromatic heterocycles. The van der Waals surface area contributed by atoms with E-state index in [9.17, 15) is 50.6 Å². The average molecular weight is 911 g/mol. The highest BCUT2D eigenvalue weighted by Crippen LogP contribution is 2.47. The van der Waals surface area contributed by atoms with Gasteiger partial charge in [-0.25, -0.2) is 9.78 Å². The number of hydrogen-bond donors (Lipinski definition) is 3. The van der Waals surface area contributed by atoms with Crippen LogP contribution < -0.4 is 15.5 Å². The third kappa shape index (κ3) is 10.1. The van der Waals surface area contributed by atoms with Crippen LogP contribution in [-0.2, 0) is 22.7 Å². The molecule has 0 atom stereocenters. The summed E-state index contributed by atoms with van der Waals surface area (Å²) in [6.45, 7) is 6.66. The lowest BCUT2D eigenvalue weighted by molar-refractivity contribution is -0.141. The van der Waals surface area contributed by atoms with Crippen molar-refractivity contribution in [2.24, 2.45) is 11.3 Å². The fourth-order valence-electron chi connectivity index (χ4n) is 9.93. The van der Waals surface area contributed by atoms with Crippen molar-refractivity contribution in [3.63, 3.8) is 0 Å². The van der Waals surface area contributed by atoms with Gasteiger partial charge in [0.15, 0.2) is 0 Å². The largest absolute Gasteiger partial charge is 0.433 e. The molecule has 0 radical (unpaired) electrons. The van der Waals surface area contributed by atoms with Crippen LogP contribution in [0.2, 0.25) is 0 Å². The average Bonchev–Trinajstić information content (AvgIpc) is 3.68. The Morgan fingerprint density at radius 3 is 2.22 bits per heavy atom. The smallest absolute Gasteiger partial charge is 0.386 e. The summed E-state index contributed by atoms with van der Waals surface area (Å²) in [5, 5.41) is 21.2. The van der Waals surface area contributed by atoms with Gasteiger partial charge in [0.1, 0.15) is 11.4 Å². The Labute approximate surface area is 371 Å². The molecule has 3 aliphatic heterocycles. The number of halogens is 6. The van der Waals surface area contributed by atoms with E-state index in [1.165, 1.54) is 6.07 Å². The maximum absolute atomic E-state index is 13.9. The molecule has 13 nitrogen and oxygen atoms in total. The van der Waals surface area contributed by atoms with Crippen LogP contribution in [-0.4, -0.2) is 92.7 Å². The topological polar surface area (TPSA) is 153 Å². The number of anilines is 2. The first-order valence-electron chi connectivity index (χ1n) is 22.1. The maximum Gasteiger partial charge on any atom is 0.433 e. The van der Waals surface area contributed by atoms with Crippen molar-refractivity contribution >= 4 is 46.0 Å². The quantitative estimate of drug-likeness (QED) is 0.141. The summed E-state index contributed by atoms with van der Waals surface area (Å²) in [5.41, 5.74) is -3.07. The molecule has 1 aliphatic carbocycles. The molecule has 3 saturated heterocycles. The van der Waals surface area contributed by atoms with Crippen LogP contribution in [0.1, 0.15) is 122 Å². The second kappa shape index (κ2) is 17.7. The Morgan fingerprint density at radius 2 is 1.57 bits per heavy atom. The summed E-state index contributed by atoms with van der Waals surface area (Å²) in [7, 11) is 0. The first-order chi connectivity index (χ1) is 30.7. The molecule has 4 aromatic rings. The molecule has 4 fully saturated rings. The Bertz CT molecular complexity index is 2460. The van der Waals surface area contributed by atoms with Crippen molar-refractivity contribution in [2.75, 3.05) is 49.5 Å². The van der Waals surface area contributed by atoms with Crippen molar-refractivity contribution < 1.29 is 50.6 Å². The minimum Gasteiger partial charge on any atom is -0.386 e. The second-order valence-electron chi connectivity index (χ2n) is 18.6. The third-order valence-corrected chi connectivity index (χ3v) is 13.8. The number of carbonyl (C=O) groups excluding carboxylic acids is 4. The van der Waals surface area contributed by atoms with Crippen LogP contribution in [0.4, 0.5) is 42.5 Å². The minimum atomic E-state index is -4.77. The zero-order valence-electron chi connectivity index (χ0n) is 36.2. The molecule has 1 saturated carbocycles. The number of benzene rings is 2. The number of alkyl halides is 6. The van der Waals surface area contributed by atoms with Crippen molar-refractivity contribution in [3.05, 3.63) is 82.8 Å². The number of nitrogens with one attached hydrogen (secondary N) is 2. The van der Waals surface area contributed by atoms with E-state index in [-0.39, 0.29) is 41.6 Å². The van der Waals surface area contributed by atoms with E-state index in [0.717, 1.165) is 113 Å². The molecule has 348 valence electrons. The number of piperidine rings is 2. The van der Waals surface area contributed by atoms with Crippen molar-refractivity contribution in [2.45, 2.75) is 102 Å². The normalized spacial score (nSPS) is 19.5. The van der Waals surface area contributed by atoms with Gasteiger partial charge in [-0.1, -0.05) is 6.07 Å². The van der Waals surface area contributed by atoms with Gasteiger partial charge in [0.2, 0.25) is 5.91 Å². The van der Waals surface area contributed by atoms with Crippen LogP contribution in [0, 0.1) is 11.3 Å². The number of nitrogens with zero attached hydrogens (tertiary/aromatic N) is 6. The molecular weight excluding hydrogens is 859 g/mol. The number of carbonyl (C=O) groups is 4. The molecule has 1 spiro atoms. The van der Waals surface area contributed by atoms with Crippen LogP contribution in [0.25, 0.3) is 10.9 Å².